The Morgan fingerprint density at radius 1 is 0.898 bits per heavy atom. The van der Waals surface area contributed by atoms with Crippen LogP contribution in [0.1, 0.15) is 87.0 Å². The lowest BCUT2D eigenvalue weighted by Crippen LogP contribution is -2.44. The van der Waals surface area contributed by atoms with E-state index in [0.29, 0.717) is 12.8 Å². The minimum atomic E-state index is -0.945. The zero-order chi connectivity index (χ0) is 44.8. The quantitative estimate of drug-likeness (QED) is 0.124. The fourth-order valence-electron chi connectivity index (χ4n) is 7.03. The van der Waals surface area contributed by atoms with Crippen molar-refractivity contribution in [1.29, 1.82) is 0 Å². The minimum absolute atomic E-state index is 0.0133. The van der Waals surface area contributed by atoms with Crippen molar-refractivity contribution in [2.45, 2.75) is 136 Å². The Hall–Kier alpha value is -2.91. The number of esters is 3. The number of methoxy groups -OCH3 is 3. The molecule has 1 heterocycles. The first-order valence-electron chi connectivity index (χ1n) is 21.3. The van der Waals surface area contributed by atoms with Crippen LogP contribution in [0.2, 0.25) is 0 Å². The predicted octanol–water partition coefficient (Wildman–Crippen LogP) is 5.78. The van der Waals surface area contributed by atoms with E-state index in [9.17, 15) is 24.6 Å². The van der Waals surface area contributed by atoms with Crippen molar-refractivity contribution in [3.8, 4) is 0 Å². The van der Waals surface area contributed by atoms with E-state index >= 15 is 0 Å². The van der Waals surface area contributed by atoms with Crippen molar-refractivity contribution in [1.82, 2.24) is 9.80 Å². The largest absolute Gasteiger partial charge is 0.464 e. The monoisotopic (exact) mass is 837 g/mol. The molecule has 3 unspecified atom stereocenters. The first-order valence-corrected chi connectivity index (χ1v) is 21.3. The van der Waals surface area contributed by atoms with Crippen LogP contribution in [-0.4, -0.2) is 149 Å². The number of aliphatic hydroxyl groups excluding tert-OH is 2. The van der Waals surface area contributed by atoms with Gasteiger partial charge >= 0.3 is 17.9 Å². The molecule has 0 saturated carbocycles. The van der Waals surface area contributed by atoms with Gasteiger partial charge in [-0.1, -0.05) is 71.1 Å². The van der Waals surface area contributed by atoms with Crippen LogP contribution in [0.3, 0.4) is 0 Å². The number of hydrogen-bond acceptors (Lipinski definition) is 13. The number of carbonyl (C=O) groups is 3. The van der Waals surface area contributed by atoms with Crippen molar-refractivity contribution in [2.24, 2.45) is 29.6 Å². The second-order valence-corrected chi connectivity index (χ2v) is 17.1. The highest BCUT2D eigenvalue weighted by molar-refractivity contribution is 5.82. The fourth-order valence-corrected chi connectivity index (χ4v) is 7.03. The molecule has 0 radical (unpaired) electrons. The molecule has 59 heavy (non-hydrogen) atoms. The maximum Gasteiger partial charge on any atom is 0.331 e. The molecule has 340 valence electrons. The van der Waals surface area contributed by atoms with Gasteiger partial charge in [-0.3, -0.25) is 19.4 Å². The Morgan fingerprint density at radius 3 is 2.17 bits per heavy atom. The van der Waals surface area contributed by atoms with Crippen molar-refractivity contribution in [2.75, 3.05) is 62.7 Å². The summed E-state index contributed by atoms with van der Waals surface area (Å²) >= 11 is 0. The summed E-state index contributed by atoms with van der Waals surface area (Å²) in [5.41, 5.74) is 1.12. The molecule has 13 atom stereocenters. The molecule has 1 aliphatic rings. The molecule has 0 saturated heterocycles. The number of hydrogen-bond donors (Lipinski definition) is 2. The molecule has 0 aromatic rings. The van der Waals surface area contributed by atoms with Gasteiger partial charge in [0, 0.05) is 58.0 Å². The maximum absolute atomic E-state index is 13.4. The van der Waals surface area contributed by atoms with Crippen molar-refractivity contribution in [3.05, 3.63) is 48.1 Å². The van der Waals surface area contributed by atoms with Crippen LogP contribution in [0.25, 0.3) is 0 Å². The van der Waals surface area contributed by atoms with Gasteiger partial charge in [0.05, 0.1) is 37.6 Å². The number of carbonyl (C=O) groups excluding carboxylic acids is 3. The van der Waals surface area contributed by atoms with Gasteiger partial charge in [0.1, 0.15) is 24.3 Å². The maximum atomic E-state index is 13.4. The Morgan fingerprint density at radius 2 is 1.58 bits per heavy atom. The lowest BCUT2D eigenvalue weighted by atomic mass is 9.84. The summed E-state index contributed by atoms with van der Waals surface area (Å²) in [5, 5.41) is 23.0. The molecule has 0 bridgehead atoms. The van der Waals surface area contributed by atoms with E-state index in [1.54, 1.807) is 84.3 Å². The molecular formula is C46H80N2O11. The van der Waals surface area contributed by atoms with Crippen LogP contribution in [0, 0.1) is 29.6 Å². The molecule has 1 rings (SSSR count). The first kappa shape index (κ1) is 54.1. The van der Waals surface area contributed by atoms with Crippen molar-refractivity contribution < 1.29 is 53.0 Å². The fraction of sp³-hybridized carbons (Fsp3) is 0.761. The summed E-state index contributed by atoms with van der Waals surface area (Å²) in [7, 11) is 12.1. The van der Waals surface area contributed by atoms with E-state index in [1.165, 1.54) is 13.2 Å². The Balaban J connectivity index is 3.50. The van der Waals surface area contributed by atoms with Crippen LogP contribution < -0.4 is 0 Å². The number of cyclic esters (lactones) is 1. The molecular weight excluding hydrogens is 757 g/mol. The molecule has 0 aliphatic carbocycles. The molecule has 0 spiro atoms. The zero-order valence-corrected chi connectivity index (χ0v) is 38.7. The number of aliphatic hydroxyl groups is 2. The van der Waals surface area contributed by atoms with Gasteiger partial charge in [0.15, 0.2) is 0 Å². The van der Waals surface area contributed by atoms with Gasteiger partial charge in [-0.05, 0) is 85.1 Å². The zero-order valence-electron chi connectivity index (χ0n) is 38.7. The van der Waals surface area contributed by atoms with E-state index < -0.39 is 66.2 Å². The lowest BCUT2D eigenvalue weighted by Gasteiger charge is -2.33. The highest BCUT2D eigenvalue weighted by atomic mass is 16.6. The summed E-state index contributed by atoms with van der Waals surface area (Å²) in [5.74, 6) is -2.62. The van der Waals surface area contributed by atoms with E-state index in [4.69, 9.17) is 28.4 Å². The summed E-state index contributed by atoms with van der Waals surface area (Å²) in [4.78, 5) is 42.6. The van der Waals surface area contributed by atoms with Gasteiger partial charge in [-0.2, -0.15) is 0 Å². The Labute approximate surface area is 356 Å². The number of ether oxygens (including phenoxy) is 6. The molecule has 13 heteroatoms. The molecule has 0 amide bonds. The summed E-state index contributed by atoms with van der Waals surface area (Å²) < 4.78 is 34.5. The Kier molecular flexibility index (Phi) is 26.2. The van der Waals surface area contributed by atoms with Gasteiger partial charge < -0.3 is 38.6 Å². The van der Waals surface area contributed by atoms with Crippen molar-refractivity contribution in [3.63, 3.8) is 0 Å². The van der Waals surface area contributed by atoms with Crippen molar-refractivity contribution >= 4 is 17.9 Å². The number of likely N-dealkylation sites (N-methyl/N-ethyl adjacent to an activating group) is 2. The van der Waals surface area contributed by atoms with Crippen LogP contribution in [0.15, 0.2) is 48.1 Å². The van der Waals surface area contributed by atoms with E-state index in [2.05, 4.69) is 19.9 Å². The highest BCUT2D eigenvalue weighted by Crippen LogP contribution is 2.28. The minimum Gasteiger partial charge on any atom is -0.464 e. The van der Waals surface area contributed by atoms with E-state index in [-0.39, 0.29) is 49.6 Å². The van der Waals surface area contributed by atoms with Crippen LogP contribution in [0.5, 0.6) is 0 Å². The van der Waals surface area contributed by atoms with Crippen LogP contribution >= 0.6 is 0 Å². The molecule has 2 N–H and O–H groups in total. The molecule has 0 aromatic carbocycles. The van der Waals surface area contributed by atoms with Crippen LogP contribution in [-0.2, 0) is 42.8 Å². The highest BCUT2D eigenvalue weighted by Gasteiger charge is 2.34. The van der Waals surface area contributed by atoms with Crippen LogP contribution in [0.4, 0.5) is 0 Å². The summed E-state index contributed by atoms with van der Waals surface area (Å²) in [6.45, 7) is 13.7. The average Bonchev–Trinajstić information content (AvgIpc) is 3.20. The second kappa shape index (κ2) is 28.6. The predicted molar refractivity (Wildman–Crippen MR) is 232 cm³/mol. The molecule has 1 aliphatic heterocycles. The molecule has 13 nitrogen and oxygen atoms in total. The number of rotatable bonds is 14. The standard InChI is InChI=1S/C46H80N2O11/c1-30-23-24-31(2)39(56-14)26-25-32(3)43(50)35(6)41(59-46(53)38(29-54-12)48(10)11)20-16-15-17-22-42(49)58-40(21-18-19-37(27-30)55-13)34(5)44(51)33(4)28-57-45(52)36(7)47(8)9/h15-19,22,24,30,32-41,43-44,50-51H,20-21,23,25-29H2,1-14H3/b16-15+,19-18+,22-17+,31-24+/t30-,32-,33+,34-,35-,36?,37+,38?,39+,40+,41?,43-,44+/m1/s1. The van der Waals surface area contributed by atoms with E-state index in [1.807, 2.05) is 32.9 Å². The lowest BCUT2D eigenvalue weighted by molar-refractivity contribution is -0.162. The third kappa shape index (κ3) is 19.6. The topological polar surface area (TPSA) is 154 Å². The van der Waals surface area contributed by atoms with E-state index in [0.717, 1.165) is 24.8 Å². The summed E-state index contributed by atoms with van der Waals surface area (Å²) in [6, 6.07) is -1.06. The number of nitrogens with zero attached hydrogens (tertiary/aromatic N) is 2. The van der Waals surface area contributed by atoms with Gasteiger partial charge in [0.2, 0.25) is 0 Å². The Bertz CT molecular complexity index is 1350. The van der Waals surface area contributed by atoms with Gasteiger partial charge in [-0.25, -0.2) is 4.79 Å². The number of allylic oxidation sites excluding steroid dienone is 3. The van der Waals surface area contributed by atoms with Gasteiger partial charge in [-0.15, -0.1) is 0 Å². The average molecular weight is 837 g/mol. The first-order chi connectivity index (χ1) is 27.8. The molecule has 0 aromatic heterocycles. The third-order valence-corrected chi connectivity index (χ3v) is 11.8. The molecule has 0 fully saturated rings. The van der Waals surface area contributed by atoms with Gasteiger partial charge in [0.25, 0.3) is 0 Å². The third-order valence-electron chi connectivity index (χ3n) is 11.8. The SMILES string of the molecule is COCC(C(=O)OC1C/C=C/C=C/C(=O)O[C@H]([C@@H](C)[C@@H](O)[C@@H](C)COC(=O)C(C)N(C)C)C/C=C/[C@H](OC)C[C@H](C)C/C=C(\C)[C@@H](OC)CC[C@@H](C)[C@@H](O)[C@@H]1C)N(C)C. The normalized spacial score (nSPS) is 31.3. The second-order valence-electron chi connectivity index (χ2n) is 17.1. The smallest absolute Gasteiger partial charge is 0.331 e. The summed E-state index contributed by atoms with van der Waals surface area (Å²) in [6.07, 6.45) is 12.7.